The molecule has 0 unspecified atom stereocenters. The highest BCUT2D eigenvalue weighted by atomic mass is 35.5. The van der Waals surface area contributed by atoms with Crippen LogP contribution in [0.25, 0.3) is 0 Å². The fraction of sp³-hybridized carbons (Fsp3) is 0.136. The molecule has 0 saturated carbocycles. The van der Waals surface area contributed by atoms with Gasteiger partial charge in [-0.3, -0.25) is 9.10 Å². The first kappa shape index (κ1) is 24.9. The van der Waals surface area contributed by atoms with Crippen LogP contribution in [0.2, 0.25) is 10.0 Å². The highest BCUT2D eigenvalue weighted by molar-refractivity contribution is 7.92. The molecule has 0 bridgehead atoms. The molecule has 1 N–H and O–H groups in total. The molecule has 3 rings (SSSR count). The number of benzene rings is 3. The summed E-state index contributed by atoms with van der Waals surface area (Å²) in [7, 11) is -4.45. The molecular formula is C22H17Cl2F3N2O3S. The maximum absolute atomic E-state index is 13.3. The normalized spacial score (nSPS) is 11.8. The summed E-state index contributed by atoms with van der Waals surface area (Å²) in [5.74, 6) is -0.798. The van der Waals surface area contributed by atoms with Crippen LogP contribution in [-0.2, 0) is 21.0 Å². The molecule has 11 heteroatoms. The third-order valence-electron chi connectivity index (χ3n) is 4.70. The van der Waals surface area contributed by atoms with E-state index in [2.05, 4.69) is 5.32 Å². The SMILES string of the molecule is Cc1c(Cl)cccc1NC(=O)CN(c1cc(C(F)(F)F)ccc1Cl)S(=O)(=O)c1ccccc1. The van der Waals surface area contributed by atoms with Gasteiger partial charge in [-0.2, -0.15) is 13.2 Å². The Morgan fingerprint density at radius 3 is 2.27 bits per heavy atom. The van der Waals surface area contributed by atoms with E-state index in [1.807, 2.05) is 0 Å². The lowest BCUT2D eigenvalue weighted by atomic mass is 10.2. The van der Waals surface area contributed by atoms with Gasteiger partial charge in [-0.1, -0.05) is 47.5 Å². The minimum atomic E-state index is -4.75. The first-order chi connectivity index (χ1) is 15.4. The van der Waals surface area contributed by atoms with Crippen molar-refractivity contribution in [3.05, 3.63) is 87.9 Å². The van der Waals surface area contributed by atoms with Crippen LogP contribution in [0.3, 0.4) is 0 Å². The molecular weight excluding hydrogens is 500 g/mol. The molecule has 174 valence electrons. The smallest absolute Gasteiger partial charge is 0.324 e. The second kappa shape index (κ2) is 9.62. The molecule has 0 fully saturated rings. The number of hydrogen-bond donors (Lipinski definition) is 1. The summed E-state index contributed by atoms with van der Waals surface area (Å²) in [6, 6.07) is 14.0. The highest BCUT2D eigenvalue weighted by Gasteiger charge is 2.34. The van der Waals surface area contributed by atoms with Gasteiger partial charge >= 0.3 is 6.18 Å². The molecule has 3 aromatic carbocycles. The number of nitrogens with one attached hydrogen (secondary N) is 1. The fourth-order valence-electron chi connectivity index (χ4n) is 2.96. The molecule has 0 aromatic heterocycles. The van der Waals surface area contributed by atoms with E-state index in [1.165, 1.54) is 24.3 Å². The zero-order chi connectivity index (χ0) is 24.4. The van der Waals surface area contributed by atoms with Crippen molar-refractivity contribution < 1.29 is 26.4 Å². The Morgan fingerprint density at radius 2 is 1.64 bits per heavy atom. The van der Waals surface area contributed by atoms with Gasteiger partial charge in [0.25, 0.3) is 10.0 Å². The summed E-state index contributed by atoms with van der Waals surface area (Å²) in [5, 5.41) is 2.65. The lowest BCUT2D eigenvalue weighted by Gasteiger charge is -2.26. The molecule has 33 heavy (non-hydrogen) atoms. The molecule has 5 nitrogen and oxygen atoms in total. The standard InChI is InChI=1S/C22H17Cl2F3N2O3S/c1-14-17(23)8-5-9-19(14)28-21(30)13-29(33(31,32)16-6-3-2-4-7-16)20-12-15(22(25,26)27)10-11-18(20)24/h2-12H,13H2,1H3,(H,28,30). The topological polar surface area (TPSA) is 66.5 Å². The molecule has 3 aromatic rings. The first-order valence-corrected chi connectivity index (χ1v) is 11.6. The number of alkyl halides is 3. The first-order valence-electron chi connectivity index (χ1n) is 9.41. The zero-order valence-electron chi connectivity index (χ0n) is 17.0. The molecule has 0 heterocycles. The van der Waals surface area contributed by atoms with Crippen molar-refractivity contribution in [2.24, 2.45) is 0 Å². The van der Waals surface area contributed by atoms with Gasteiger partial charge in [0.2, 0.25) is 5.91 Å². The maximum atomic E-state index is 13.3. The molecule has 0 aliphatic heterocycles. The van der Waals surface area contributed by atoms with Crippen LogP contribution in [0, 0.1) is 6.92 Å². The Kier molecular flexibility index (Phi) is 7.26. The van der Waals surface area contributed by atoms with Crippen molar-refractivity contribution in [3.63, 3.8) is 0 Å². The molecule has 0 aliphatic carbocycles. The van der Waals surface area contributed by atoms with Crippen LogP contribution in [0.15, 0.2) is 71.6 Å². The van der Waals surface area contributed by atoms with E-state index in [0.717, 1.165) is 12.1 Å². The zero-order valence-corrected chi connectivity index (χ0v) is 19.4. The van der Waals surface area contributed by atoms with Crippen LogP contribution in [0.1, 0.15) is 11.1 Å². The minimum absolute atomic E-state index is 0.217. The fourth-order valence-corrected chi connectivity index (χ4v) is 4.86. The quantitative estimate of drug-likeness (QED) is 0.426. The molecule has 1 amide bonds. The summed E-state index contributed by atoms with van der Waals surface area (Å²) < 4.78 is 67.2. The predicted octanol–water partition coefficient (Wildman–Crippen LogP) is 6.15. The van der Waals surface area contributed by atoms with Crippen molar-refractivity contribution in [1.29, 1.82) is 0 Å². The van der Waals surface area contributed by atoms with Gasteiger partial charge in [0.15, 0.2) is 0 Å². The van der Waals surface area contributed by atoms with Crippen LogP contribution in [-0.4, -0.2) is 20.9 Å². The Morgan fingerprint density at radius 1 is 0.970 bits per heavy atom. The van der Waals surface area contributed by atoms with Crippen molar-refractivity contribution in [1.82, 2.24) is 0 Å². The largest absolute Gasteiger partial charge is 0.416 e. The van der Waals surface area contributed by atoms with Gasteiger partial charge in [0, 0.05) is 10.7 Å². The van der Waals surface area contributed by atoms with Gasteiger partial charge < -0.3 is 5.32 Å². The molecule has 0 spiro atoms. The van der Waals surface area contributed by atoms with Crippen LogP contribution >= 0.6 is 23.2 Å². The Labute approximate surface area is 198 Å². The third kappa shape index (κ3) is 5.61. The maximum Gasteiger partial charge on any atom is 0.416 e. The highest BCUT2D eigenvalue weighted by Crippen LogP contribution is 2.37. The number of anilines is 2. The van der Waals surface area contributed by atoms with E-state index in [0.29, 0.717) is 26.6 Å². The van der Waals surface area contributed by atoms with E-state index in [-0.39, 0.29) is 9.92 Å². The Bertz CT molecular complexity index is 1280. The van der Waals surface area contributed by atoms with Gasteiger partial charge in [-0.15, -0.1) is 0 Å². The summed E-state index contributed by atoms with van der Waals surface area (Å²) in [4.78, 5) is 12.6. The van der Waals surface area contributed by atoms with E-state index in [1.54, 1.807) is 31.2 Å². The van der Waals surface area contributed by atoms with Gasteiger partial charge in [0.05, 0.1) is 21.2 Å². The number of rotatable bonds is 6. The summed E-state index contributed by atoms with van der Waals surface area (Å²) in [5.41, 5.74) is -0.712. The van der Waals surface area contributed by atoms with Gasteiger partial charge in [-0.05, 0) is 55.0 Å². The number of sulfonamides is 1. The van der Waals surface area contributed by atoms with Crippen molar-refractivity contribution in [3.8, 4) is 0 Å². The van der Waals surface area contributed by atoms with E-state index < -0.39 is 39.9 Å². The number of halogens is 5. The predicted molar refractivity (Wildman–Crippen MR) is 122 cm³/mol. The lowest BCUT2D eigenvalue weighted by Crippen LogP contribution is -2.38. The van der Waals surface area contributed by atoms with E-state index in [9.17, 15) is 26.4 Å². The van der Waals surface area contributed by atoms with E-state index >= 15 is 0 Å². The number of hydrogen-bond acceptors (Lipinski definition) is 3. The number of carbonyl (C=O) groups is 1. The Balaban J connectivity index is 2.07. The number of carbonyl (C=O) groups excluding carboxylic acids is 1. The summed E-state index contributed by atoms with van der Waals surface area (Å²) >= 11 is 12.2. The average Bonchev–Trinajstić information content (AvgIpc) is 2.75. The van der Waals surface area contributed by atoms with Crippen LogP contribution < -0.4 is 9.62 Å². The molecule has 0 aliphatic rings. The Hall–Kier alpha value is -2.75. The summed E-state index contributed by atoms with van der Waals surface area (Å²) in [6.45, 7) is 0.824. The third-order valence-corrected chi connectivity index (χ3v) is 7.21. The van der Waals surface area contributed by atoms with E-state index in [4.69, 9.17) is 23.2 Å². The average molecular weight is 517 g/mol. The minimum Gasteiger partial charge on any atom is -0.324 e. The van der Waals surface area contributed by atoms with Crippen LogP contribution in [0.4, 0.5) is 24.5 Å². The molecule has 0 atom stereocenters. The monoisotopic (exact) mass is 516 g/mol. The molecule has 0 saturated heterocycles. The summed E-state index contributed by atoms with van der Waals surface area (Å²) in [6.07, 6.45) is -4.75. The number of nitrogens with zero attached hydrogens (tertiary/aromatic N) is 1. The second-order valence-electron chi connectivity index (χ2n) is 6.95. The molecule has 0 radical (unpaired) electrons. The van der Waals surface area contributed by atoms with Gasteiger partial charge in [-0.25, -0.2) is 8.42 Å². The van der Waals surface area contributed by atoms with Crippen molar-refractivity contribution in [2.45, 2.75) is 18.0 Å². The second-order valence-corrected chi connectivity index (χ2v) is 9.63. The van der Waals surface area contributed by atoms with Crippen molar-refractivity contribution >= 4 is 50.5 Å². The lowest BCUT2D eigenvalue weighted by molar-refractivity contribution is -0.137. The van der Waals surface area contributed by atoms with Crippen LogP contribution in [0.5, 0.6) is 0 Å². The number of amides is 1. The van der Waals surface area contributed by atoms with Crippen molar-refractivity contribution in [2.75, 3.05) is 16.2 Å². The van der Waals surface area contributed by atoms with Gasteiger partial charge in [0.1, 0.15) is 6.54 Å².